The molecule has 3 rings (SSSR count). The van der Waals surface area contributed by atoms with Crippen LogP contribution in [0.1, 0.15) is 51.4 Å². The minimum Gasteiger partial charge on any atom is -0.381 e. The quantitative estimate of drug-likeness (QED) is 0.761. The lowest BCUT2D eigenvalue weighted by atomic mass is 9.84. The fourth-order valence-corrected chi connectivity index (χ4v) is 5.16. The zero-order valence-corrected chi connectivity index (χ0v) is 12.3. The molecule has 2 fully saturated rings. The molecule has 0 saturated heterocycles. The van der Waals surface area contributed by atoms with E-state index in [-0.39, 0.29) is 0 Å². The molecule has 1 heterocycles. The number of thioether (sulfide) groups is 1. The molecule has 0 radical (unpaired) electrons. The standard InChI is InChI=1S/C15H25NOS/c1-17-12-8-6-11(7-9-12)14-10-18-15-5-3-2-4-13(15)16-14/h11-13,15H,2-10H2,1H3. The number of fused-ring (bicyclic) bond motifs is 1. The van der Waals surface area contributed by atoms with E-state index >= 15 is 0 Å². The fourth-order valence-electron chi connectivity index (χ4n) is 3.72. The van der Waals surface area contributed by atoms with Crippen LogP contribution in [0.15, 0.2) is 4.99 Å². The van der Waals surface area contributed by atoms with Crippen LogP contribution < -0.4 is 0 Å². The Morgan fingerprint density at radius 1 is 1.06 bits per heavy atom. The molecule has 0 aromatic heterocycles. The monoisotopic (exact) mass is 267 g/mol. The van der Waals surface area contributed by atoms with Crippen molar-refractivity contribution in [3.63, 3.8) is 0 Å². The van der Waals surface area contributed by atoms with Crippen LogP contribution in [0.5, 0.6) is 0 Å². The number of methoxy groups -OCH3 is 1. The van der Waals surface area contributed by atoms with E-state index in [1.807, 2.05) is 7.11 Å². The Morgan fingerprint density at radius 2 is 1.83 bits per heavy atom. The van der Waals surface area contributed by atoms with E-state index in [9.17, 15) is 0 Å². The van der Waals surface area contributed by atoms with Crippen molar-refractivity contribution in [2.75, 3.05) is 12.9 Å². The SMILES string of the molecule is COC1CCC(C2=NC3CCCCC3SC2)CC1. The highest BCUT2D eigenvalue weighted by Crippen LogP contribution is 2.37. The molecule has 1 aliphatic heterocycles. The maximum Gasteiger partial charge on any atom is 0.0618 e. The number of hydrogen-bond acceptors (Lipinski definition) is 3. The number of hydrogen-bond donors (Lipinski definition) is 0. The van der Waals surface area contributed by atoms with Gasteiger partial charge in [0.05, 0.1) is 12.1 Å². The lowest BCUT2D eigenvalue weighted by Crippen LogP contribution is -2.36. The van der Waals surface area contributed by atoms with Gasteiger partial charge in [0.2, 0.25) is 0 Å². The van der Waals surface area contributed by atoms with Crippen molar-refractivity contribution in [2.24, 2.45) is 10.9 Å². The van der Waals surface area contributed by atoms with E-state index in [2.05, 4.69) is 11.8 Å². The van der Waals surface area contributed by atoms with E-state index in [1.54, 1.807) is 0 Å². The zero-order valence-electron chi connectivity index (χ0n) is 11.4. The van der Waals surface area contributed by atoms with E-state index < -0.39 is 0 Å². The molecule has 2 atom stereocenters. The smallest absolute Gasteiger partial charge is 0.0618 e. The van der Waals surface area contributed by atoms with Crippen molar-refractivity contribution in [1.29, 1.82) is 0 Å². The molecule has 0 aromatic carbocycles. The summed E-state index contributed by atoms with van der Waals surface area (Å²) >= 11 is 2.19. The van der Waals surface area contributed by atoms with Gasteiger partial charge in [0.15, 0.2) is 0 Å². The molecule has 0 amide bonds. The van der Waals surface area contributed by atoms with Crippen LogP contribution in [-0.4, -0.2) is 36.0 Å². The molecule has 3 heteroatoms. The van der Waals surface area contributed by atoms with E-state index in [1.165, 1.54) is 62.8 Å². The maximum atomic E-state index is 5.47. The molecule has 0 bridgehead atoms. The Morgan fingerprint density at radius 3 is 2.61 bits per heavy atom. The van der Waals surface area contributed by atoms with Gasteiger partial charge in [-0.3, -0.25) is 4.99 Å². The first-order valence-electron chi connectivity index (χ1n) is 7.58. The first-order chi connectivity index (χ1) is 8.86. The maximum absolute atomic E-state index is 5.47. The molecule has 0 N–H and O–H groups in total. The van der Waals surface area contributed by atoms with E-state index in [0.717, 1.165) is 11.2 Å². The molecule has 2 unspecified atom stereocenters. The van der Waals surface area contributed by atoms with Gasteiger partial charge in [-0.25, -0.2) is 0 Å². The minimum atomic E-state index is 0.514. The summed E-state index contributed by atoms with van der Waals surface area (Å²) in [7, 11) is 1.85. The minimum absolute atomic E-state index is 0.514. The van der Waals surface area contributed by atoms with Gasteiger partial charge in [-0.05, 0) is 44.4 Å². The number of rotatable bonds is 2. The van der Waals surface area contributed by atoms with Crippen LogP contribution in [0.25, 0.3) is 0 Å². The van der Waals surface area contributed by atoms with Crippen LogP contribution in [0.4, 0.5) is 0 Å². The van der Waals surface area contributed by atoms with Crippen molar-refractivity contribution in [3.05, 3.63) is 0 Å². The van der Waals surface area contributed by atoms with Gasteiger partial charge in [0.25, 0.3) is 0 Å². The van der Waals surface area contributed by atoms with Crippen LogP contribution in [0.3, 0.4) is 0 Å². The highest BCUT2D eigenvalue weighted by Gasteiger charge is 2.32. The van der Waals surface area contributed by atoms with Gasteiger partial charge >= 0.3 is 0 Å². The zero-order chi connectivity index (χ0) is 12.4. The molecule has 102 valence electrons. The molecule has 3 aliphatic rings. The summed E-state index contributed by atoms with van der Waals surface area (Å²) in [5.41, 5.74) is 1.54. The lowest BCUT2D eigenvalue weighted by molar-refractivity contribution is 0.0646. The van der Waals surface area contributed by atoms with Gasteiger partial charge in [-0.1, -0.05) is 12.8 Å². The predicted molar refractivity (Wildman–Crippen MR) is 78.7 cm³/mol. The molecular weight excluding hydrogens is 242 g/mol. The Labute approximate surface area is 115 Å². The van der Waals surface area contributed by atoms with Crippen molar-refractivity contribution >= 4 is 17.5 Å². The summed E-state index contributed by atoms with van der Waals surface area (Å²) in [5.74, 6) is 1.98. The lowest BCUT2D eigenvalue weighted by Gasteiger charge is -2.36. The normalized spacial score (nSPS) is 41.1. The van der Waals surface area contributed by atoms with Gasteiger partial charge in [0.1, 0.15) is 0 Å². The van der Waals surface area contributed by atoms with Crippen LogP contribution in [0, 0.1) is 5.92 Å². The topological polar surface area (TPSA) is 21.6 Å². The second-order valence-electron chi connectivity index (χ2n) is 6.03. The third kappa shape index (κ3) is 2.77. The van der Waals surface area contributed by atoms with Crippen LogP contribution >= 0.6 is 11.8 Å². The molecule has 2 nitrogen and oxygen atoms in total. The highest BCUT2D eigenvalue weighted by atomic mass is 32.2. The Kier molecular flexibility index (Phi) is 4.30. The number of aliphatic imine (C=N–C) groups is 1. The van der Waals surface area contributed by atoms with Crippen LogP contribution in [-0.2, 0) is 4.74 Å². The number of nitrogens with zero attached hydrogens (tertiary/aromatic N) is 1. The van der Waals surface area contributed by atoms with Crippen molar-refractivity contribution in [3.8, 4) is 0 Å². The Hall–Kier alpha value is -0.0200. The van der Waals surface area contributed by atoms with Gasteiger partial charge in [0, 0.05) is 23.8 Å². The molecule has 0 aromatic rings. The fraction of sp³-hybridized carbons (Fsp3) is 0.933. The third-order valence-corrected chi connectivity index (χ3v) is 6.36. The highest BCUT2D eigenvalue weighted by molar-refractivity contribution is 8.00. The second kappa shape index (κ2) is 5.96. The second-order valence-corrected chi connectivity index (χ2v) is 7.26. The molecular formula is C15H25NOS. The summed E-state index contributed by atoms with van der Waals surface area (Å²) in [6.07, 6.45) is 11.2. The summed E-state index contributed by atoms with van der Waals surface area (Å²) in [5, 5.41) is 0.845. The third-order valence-electron chi connectivity index (χ3n) is 4.92. The summed E-state index contributed by atoms with van der Waals surface area (Å²) in [4.78, 5) is 5.13. The van der Waals surface area contributed by atoms with Crippen molar-refractivity contribution < 1.29 is 4.74 Å². The first kappa shape index (κ1) is 13.0. The predicted octanol–water partition coefficient (Wildman–Crippen LogP) is 3.69. The average Bonchev–Trinajstić information content (AvgIpc) is 2.47. The largest absolute Gasteiger partial charge is 0.381 e. The molecule has 18 heavy (non-hydrogen) atoms. The number of ether oxygens (including phenoxy) is 1. The molecule has 0 spiro atoms. The summed E-state index contributed by atoms with van der Waals surface area (Å²) in [6.45, 7) is 0. The van der Waals surface area contributed by atoms with E-state index in [0.29, 0.717) is 12.1 Å². The molecule has 2 saturated carbocycles. The summed E-state index contributed by atoms with van der Waals surface area (Å²) in [6, 6.07) is 0.660. The van der Waals surface area contributed by atoms with Crippen molar-refractivity contribution in [2.45, 2.75) is 68.8 Å². The summed E-state index contributed by atoms with van der Waals surface area (Å²) < 4.78 is 5.47. The van der Waals surface area contributed by atoms with E-state index in [4.69, 9.17) is 9.73 Å². The van der Waals surface area contributed by atoms with Gasteiger partial charge in [-0.15, -0.1) is 0 Å². The van der Waals surface area contributed by atoms with Crippen LogP contribution in [0.2, 0.25) is 0 Å². The first-order valence-corrected chi connectivity index (χ1v) is 8.62. The average molecular weight is 267 g/mol. The molecule has 2 aliphatic carbocycles. The van der Waals surface area contributed by atoms with Gasteiger partial charge in [-0.2, -0.15) is 11.8 Å². The van der Waals surface area contributed by atoms with Gasteiger partial charge < -0.3 is 4.74 Å². The Bertz CT molecular complexity index is 310. The Balaban J connectivity index is 1.61. The van der Waals surface area contributed by atoms with Crippen molar-refractivity contribution in [1.82, 2.24) is 0 Å².